The topological polar surface area (TPSA) is 126 Å². The number of aryl methyl sites for hydroxylation is 3. The third kappa shape index (κ3) is 5.03. The fourth-order valence-corrected chi connectivity index (χ4v) is 5.37. The number of aromatic nitrogens is 4. The normalized spacial score (nSPS) is 14.7. The molecule has 0 amide bonds. The van der Waals surface area contributed by atoms with Gasteiger partial charge in [-0.2, -0.15) is 9.57 Å². The number of tetrazole rings is 1. The highest BCUT2D eigenvalue weighted by Gasteiger charge is 2.30. The fraction of sp³-hybridized carbons (Fsp3) is 0.364. The lowest BCUT2D eigenvalue weighted by molar-refractivity contribution is 0.358. The van der Waals surface area contributed by atoms with Crippen LogP contribution in [-0.4, -0.2) is 59.1 Å². The molecule has 4 rings (SSSR count). The molecule has 33 heavy (non-hydrogen) atoms. The molecule has 1 fully saturated rings. The number of piperazine rings is 1. The molecule has 1 aliphatic rings. The first-order chi connectivity index (χ1) is 15.9. The highest BCUT2D eigenvalue weighted by molar-refractivity contribution is 7.89. The molecule has 0 saturated carbocycles. The van der Waals surface area contributed by atoms with Crippen molar-refractivity contribution in [3.63, 3.8) is 0 Å². The predicted molar refractivity (Wildman–Crippen MR) is 121 cm³/mol. The maximum Gasteiger partial charge on any atom is 0.246 e. The zero-order valence-electron chi connectivity index (χ0n) is 18.5. The number of nitrogens with zero attached hydrogens (tertiary/aromatic N) is 6. The van der Waals surface area contributed by atoms with Crippen molar-refractivity contribution in [2.24, 2.45) is 0 Å². The molecule has 10 nitrogen and oxygen atoms in total. The van der Waals surface area contributed by atoms with Gasteiger partial charge in [-0.05, 0) is 65.7 Å². The third-order valence-electron chi connectivity index (χ3n) is 5.29. The second-order valence-electron chi connectivity index (χ2n) is 7.87. The van der Waals surface area contributed by atoms with Crippen LogP contribution in [0.4, 0.5) is 0 Å². The summed E-state index contributed by atoms with van der Waals surface area (Å²) in [5.74, 6) is 1.19. The molecule has 0 unspecified atom stereocenters. The zero-order chi connectivity index (χ0) is 23.4. The lowest BCUT2D eigenvalue weighted by Crippen LogP contribution is -2.46. The van der Waals surface area contributed by atoms with Gasteiger partial charge in [0.05, 0.1) is 19.0 Å². The quantitative estimate of drug-likeness (QED) is 0.561. The van der Waals surface area contributed by atoms with E-state index < -0.39 is 10.0 Å². The second-order valence-corrected chi connectivity index (χ2v) is 9.78. The van der Waals surface area contributed by atoms with Crippen LogP contribution in [0, 0.1) is 25.2 Å². The lowest BCUT2D eigenvalue weighted by Gasteiger charge is -2.27. The molecule has 0 aliphatic carbocycles. The highest BCUT2D eigenvalue weighted by Crippen LogP contribution is 2.35. The van der Waals surface area contributed by atoms with E-state index in [1.165, 1.54) is 8.99 Å². The number of sulfonamides is 1. The van der Waals surface area contributed by atoms with Gasteiger partial charge in [0.1, 0.15) is 16.4 Å². The van der Waals surface area contributed by atoms with Crippen LogP contribution in [0.1, 0.15) is 17.5 Å². The van der Waals surface area contributed by atoms with Gasteiger partial charge in [0, 0.05) is 31.7 Å². The molecule has 11 heteroatoms. The largest absolute Gasteiger partial charge is 0.456 e. The summed E-state index contributed by atoms with van der Waals surface area (Å²) in [6.45, 7) is 6.13. The average Bonchev–Trinajstić information content (AvgIpc) is 3.26. The van der Waals surface area contributed by atoms with Crippen molar-refractivity contribution in [3.05, 3.63) is 47.5 Å². The maximum absolute atomic E-state index is 13.6. The van der Waals surface area contributed by atoms with Gasteiger partial charge in [0.15, 0.2) is 5.82 Å². The first kappa shape index (κ1) is 22.8. The van der Waals surface area contributed by atoms with Gasteiger partial charge in [-0.3, -0.25) is 0 Å². The third-order valence-corrected chi connectivity index (χ3v) is 7.21. The molecule has 0 bridgehead atoms. The molecule has 172 valence electrons. The van der Waals surface area contributed by atoms with Crippen molar-refractivity contribution >= 4 is 10.0 Å². The molecule has 1 aliphatic heterocycles. The van der Waals surface area contributed by atoms with Gasteiger partial charge < -0.3 is 10.1 Å². The smallest absolute Gasteiger partial charge is 0.246 e. The van der Waals surface area contributed by atoms with Crippen molar-refractivity contribution in [1.29, 1.82) is 5.26 Å². The summed E-state index contributed by atoms with van der Waals surface area (Å²) in [4.78, 5) is 0.0518. The van der Waals surface area contributed by atoms with E-state index in [2.05, 4.69) is 26.9 Å². The molecule has 0 spiro atoms. The van der Waals surface area contributed by atoms with E-state index in [1.807, 2.05) is 32.0 Å². The number of nitriles is 1. The number of ether oxygens (including phenoxy) is 1. The summed E-state index contributed by atoms with van der Waals surface area (Å²) in [7, 11) is -3.84. The zero-order valence-corrected chi connectivity index (χ0v) is 19.3. The van der Waals surface area contributed by atoms with Crippen LogP contribution in [-0.2, 0) is 16.6 Å². The van der Waals surface area contributed by atoms with Crippen LogP contribution in [0.25, 0.3) is 11.4 Å². The first-order valence-corrected chi connectivity index (χ1v) is 12.1. The number of hydrogen-bond donors (Lipinski definition) is 1. The van der Waals surface area contributed by atoms with Crippen LogP contribution >= 0.6 is 0 Å². The first-order valence-electron chi connectivity index (χ1n) is 10.6. The van der Waals surface area contributed by atoms with Crippen LogP contribution in [0.3, 0.4) is 0 Å². The second kappa shape index (κ2) is 9.66. The number of benzene rings is 2. The van der Waals surface area contributed by atoms with E-state index in [0.717, 1.165) is 11.1 Å². The molecule has 0 atom stereocenters. The standard InChI is InChI=1S/C22H25N7O3S/c1-16-12-17(2)14-19(13-16)32-20-5-4-18(22-25-26-27-29(22)9-3-6-23)15-21(20)33(30,31)28-10-7-24-8-11-28/h4-5,12-15,24H,3,7-11H2,1-2H3. The monoisotopic (exact) mass is 467 g/mol. The number of hydrogen-bond acceptors (Lipinski definition) is 8. The summed E-state index contributed by atoms with van der Waals surface area (Å²) in [6.07, 6.45) is 0.234. The Morgan fingerprint density at radius 3 is 2.55 bits per heavy atom. The molecular weight excluding hydrogens is 442 g/mol. The van der Waals surface area contributed by atoms with Gasteiger partial charge in [0.2, 0.25) is 10.0 Å². The van der Waals surface area contributed by atoms with Crippen LogP contribution in [0.5, 0.6) is 11.5 Å². The summed E-state index contributed by atoms with van der Waals surface area (Å²) in [6, 6.07) is 12.7. The van der Waals surface area contributed by atoms with Gasteiger partial charge in [0.25, 0.3) is 0 Å². The van der Waals surface area contributed by atoms with Crippen molar-refractivity contribution < 1.29 is 13.2 Å². The summed E-state index contributed by atoms with van der Waals surface area (Å²) in [5, 5.41) is 23.7. The van der Waals surface area contributed by atoms with E-state index >= 15 is 0 Å². The Bertz CT molecular complexity index is 1270. The molecular formula is C22H25N7O3S. The molecule has 3 aromatic rings. The number of rotatable bonds is 7. The Balaban J connectivity index is 1.79. The van der Waals surface area contributed by atoms with E-state index in [-0.39, 0.29) is 17.1 Å². The summed E-state index contributed by atoms with van der Waals surface area (Å²) >= 11 is 0. The van der Waals surface area contributed by atoms with Gasteiger partial charge >= 0.3 is 0 Å². The molecule has 1 saturated heterocycles. The van der Waals surface area contributed by atoms with E-state index in [1.54, 1.807) is 18.2 Å². The van der Waals surface area contributed by atoms with Crippen molar-refractivity contribution in [1.82, 2.24) is 29.8 Å². The van der Waals surface area contributed by atoms with Crippen molar-refractivity contribution in [2.45, 2.75) is 31.7 Å². The summed E-state index contributed by atoms with van der Waals surface area (Å²) in [5.41, 5.74) is 2.56. The summed E-state index contributed by atoms with van der Waals surface area (Å²) < 4.78 is 36.3. The Hall–Kier alpha value is -3.33. The fourth-order valence-electron chi connectivity index (χ4n) is 3.79. The van der Waals surface area contributed by atoms with Crippen molar-refractivity contribution in [2.75, 3.05) is 26.2 Å². The Morgan fingerprint density at radius 1 is 1.12 bits per heavy atom. The van der Waals surface area contributed by atoms with Crippen molar-refractivity contribution in [3.8, 4) is 29.0 Å². The van der Waals surface area contributed by atoms with Gasteiger partial charge in [-0.15, -0.1) is 5.10 Å². The lowest BCUT2D eigenvalue weighted by atomic mass is 10.1. The van der Waals surface area contributed by atoms with Gasteiger partial charge in [-0.1, -0.05) is 6.07 Å². The molecule has 2 heterocycles. The average molecular weight is 468 g/mol. The van der Waals surface area contributed by atoms with E-state index in [9.17, 15) is 8.42 Å². The SMILES string of the molecule is Cc1cc(C)cc(Oc2ccc(-c3nnnn3CCC#N)cc2S(=O)(=O)N2CCNCC2)c1. The Kier molecular flexibility index (Phi) is 6.69. The molecule has 2 aromatic carbocycles. The van der Waals surface area contributed by atoms with Crippen LogP contribution in [0.2, 0.25) is 0 Å². The maximum atomic E-state index is 13.6. The van der Waals surface area contributed by atoms with Crippen LogP contribution < -0.4 is 10.1 Å². The van der Waals surface area contributed by atoms with E-state index in [0.29, 0.717) is 49.9 Å². The molecule has 1 N–H and O–H groups in total. The Morgan fingerprint density at radius 2 is 1.85 bits per heavy atom. The van der Waals surface area contributed by atoms with Gasteiger partial charge in [-0.25, -0.2) is 13.1 Å². The molecule has 1 aromatic heterocycles. The minimum Gasteiger partial charge on any atom is -0.456 e. The Labute approximate surface area is 192 Å². The van der Waals surface area contributed by atoms with E-state index in [4.69, 9.17) is 10.00 Å². The minimum absolute atomic E-state index is 0.0518. The highest BCUT2D eigenvalue weighted by atomic mass is 32.2. The minimum atomic E-state index is -3.84. The van der Waals surface area contributed by atoms with Crippen LogP contribution in [0.15, 0.2) is 41.3 Å². The predicted octanol–water partition coefficient (Wildman–Crippen LogP) is 2.26. The number of nitrogens with one attached hydrogen (secondary N) is 1. The molecule has 0 radical (unpaired) electrons.